The van der Waals surface area contributed by atoms with Gasteiger partial charge in [0, 0.05) is 11.8 Å². The average molecular weight is 291 g/mol. The summed E-state index contributed by atoms with van der Waals surface area (Å²) in [5, 5.41) is 0. The summed E-state index contributed by atoms with van der Waals surface area (Å²) in [7, 11) is -1.38. The molecule has 3 nitrogen and oxygen atoms in total. The predicted octanol–water partition coefficient (Wildman–Crippen LogP) is 3.65. The minimum Gasteiger partial charge on any atom is -0.297 e. The molecule has 0 radical (unpaired) electrons. The highest BCUT2D eigenvalue weighted by atomic mass is 28.3. The fourth-order valence-electron chi connectivity index (χ4n) is 2.05. The zero-order valence-electron chi connectivity index (χ0n) is 12.5. The number of imidazole rings is 1. The highest BCUT2D eigenvalue weighted by Gasteiger charge is 2.08. The summed E-state index contributed by atoms with van der Waals surface area (Å²) < 4.78 is 2.04. The van der Waals surface area contributed by atoms with Crippen LogP contribution in [0.25, 0.3) is 16.7 Å². The lowest BCUT2D eigenvalue weighted by atomic mass is 10.2. The van der Waals surface area contributed by atoms with Crippen LogP contribution in [-0.2, 0) is 0 Å². The van der Waals surface area contributed by atoms with Gasteiger partial charge < -0.3 is 0 Å². The van der Waals surface area contributed by atoms with Gasteiger partial charge in [0.2, 0.25) is 0 Å². The molecular weight excluding hydrogens is 274 g/mol. The van der Waals surface area contributed by atoms with Crippen molar-refractivity contribution in [1.29, 1.82) is 0 Å². The molecule has 0 unspecified atom stereocenters. The maximum Gasteiger partial charge on any atom is 0.129 e. The second kappa shape index (κ2) is 5.19. The smallest absolute Gasteiger partial charge is 0.129 e. The molecule has 0 aliphatic carbocycles. The Bertz CT molecular complexity index is 847. The van der Waals surface area contributed by atoms with Crippen LogP contribution in [0.5, 0.6) is 0 Å². The lowest BCUT2D eigenvalue weighted by molar-refractivity contribution is 1.07. The number of benzene rings is 1. The number of fused-ring (bicyclic) bond motifs is 1. The molecule has 2 heterocycles. The number of rotatable bonds is 1. The van der Waals surface area contributed by atoms with E-state index in [1.54, 1.807) is 0 Å². The SMILES string of the molecule is C[Si](C)(C)C#Cc1cncc(-n2cnc3ccccc32)c1. The van der Waals surface area contributed by atoms with Gasteiger partial charge in [0.1, 0.15) is 14.4 Å². The zero-order chi connectivity index (χ0) is 14.9. The van der Waals surface area contributed by atoms with Crippen LogP contribution in [0.2, 0.25) is 19.6 Å². The molecule has 104 valence electrons. The average Bonchev–Trinajstić information content (AvgIpc) is 2.89. The molecule has 4 heteroatoms. The molecular formula is C17H17N3Si. The molecule has 0 saturated carbocycles. The van der Waals surface area contributed by atoms with E-state index in [2.05, 4.69) is 53.2 Å². The molecule has 0 N–H and O–H groups in total. The largest absolute Gasteiger partial charge is 0.297 e. The van der Waals surface area contributed by atoms with Crippen LogP contribution < -0.4 is 0 Å². The lowest BCUT2D eigenvalue weighted by Gasteiger charge is -2.05. The molecule has 0 saturated heterocycles. The first-order valence-electron chi connectivity index (χ1n) is 6.94. The summed E-state index contributed by atoms with van der Waals surface area (Å²) >= 11 is 0. The monoisotopic (exact) mass is 291 g/mol. The molecule has 1 aromatic carbocycles. The molecule has 0 bridgehead atoms. The molecule has 21 heavy (non-hydrogen) atoms. The summed E-state index contributed by atoms with van der Waals surface area (Å²) in [6, 6.07) is 10.1. The van der Waals surface area contributed by atoms with Crippen molar-refractivity contribution in [1.82, 2.24) is 14.5 Å². The quantitative estimate of drug-likeness (QED) is 0.506. The van der Waals surface area contributed by atoms with Crippen LogP contribution in [0.4, 0.5) is 0 Å². The molecule has 0 aliphatic rings. The van der Waals surface area contributed by atoms with Crippen molar-refractivity contribution in [2.24, 2.45) is 0 Å². The first-order valence-corrected chi connectivity index (χ1v) is 10.4. The summed E-state index contributed by atoms with van der Waals surface area (Å²) in [6.07, 6.45) is 5.49. The minimum absolute atomic E-state index is 0.952. The second-order valence-electron chi connectivity index (χ2n) is 6.04. The third-order valence-corrected chi connectivity index (χ3v) is 3.91. The minimum atomic E-state index is -1.38. The van der Waals surface area contributed by atoms with E-state index in [9.17, 15) is 0 Å². The van der Waals surface area contributed by atoms with E-state index >= 15 is 0 Å². The summed E-state index contributed by atoms with van der Waals surface area (Å²) in [5.74, 6) is 3.25. The Labute approximate surface area is 125 Å². The number of aromatic nitrogens is 3. The lowest BCUT2D eigenvalue weighted by Crippen LogP contribution is -2.16. The van der Waals surface area contributed by atoms with Crippen molar-refractivity contribution in [3.63, 3.8) is 0 Å². The fraction of sp³-hybridized carbons (Fsp3) is 0.176. The van der Waals surface area contributed by atoms with Gasteiger partial charge in [-0.15, -0.1) is 5.54 Å². The van der Waals surface area contributed by atoms with Crippen molar-refractivity contribution in [3.05, 3.63) is 54.6 Å². The molecule has 0 aliphatic heterocycles. The van der Waals surface area contributed by atoms with E-state index < -0.39 is 8.07 Å². The van der Waals surface area contributed by atoms with Crippen molar-refractivity contribution in [2.45, 2.75) is 19.6 Å². The Balaban J connectivity index is 2.05. The Morgan fingerprint density at radius 1 is 1.10 bits per heavy atom. The van der Waals surface area contributed by atoms with Gasteiger partial charge in [0.05, 0.1) is 22.9 Å². The van der Waals surface area contributed by atoms with Crippen LogP contribution in [0, 0.1) is 11.5 Å². The van der Waals surface area contributed by atoms with Crippen molar-refractivity contribution in [3.8, 4) is 17.2 Å². The summed E-state index contributed by atoms with van der Waals surface area (Å²) in [6.45, 7) is 6.71. The zero-order valence-corrected chi connectivity index (χ0v) is 13.5. The number of hydrogen-bond acceptors (Lipinski definition) is 2. The van der Waals surface area contributed by atoms with Gasteiger partial charge in [-0.3, -0.25) is 9.55 Å². The molecule has 3 aromatic rings. The van der Waals surface area contributed by atoms with Gasteiger partial charge in [-0.05, 0) is 18.2 Å². The van der Waals surface area contributed by atoms with Crippen molar-refractivity contribution < 1.29 is 0 Å². The predicted molar refractivity (Wildman–Crippen MR) is 89.1 cm³/mol. The van der Waals surface area contributed by atoms with Gasteiger partial charge in [0.25, 0.3) is 0 Å². The molecule has 0 spiro atoms. The Morgan fingerprint density at radius 3 is 2.71 bits per heavy atom. The van der Waals surface area contributed by atoms with Gasteiger partial charge in [-0.2, -0.15) is 0 Å². The third-order valence-electron chi connectivity index (χ3n) is 3.04. The van der Waals surface area contributed by atoms with Gasteiger partial charge in [-0.25, -0.2) is 4.98 Å². The van der Waals surface area contributed by atoms with E-state index in [0.29, 0.717) is 0 Å². The van der Waals surface area contributed by atoms with Crippen LogP contribution in [0.1, 0.15) is 5.56 Å². The van der Waals surface area contributed by atoms with E-state index in [-0.39, 0.29) is 0 Å². The van der Waals surface area contributed by atoms with Gasteiger partial charge in [-0.1, -0.05) is 37.7 Å². The number of pyridine rings is 1. The standard InChI is InChI=1S/C17H17N3Si/c1-21(2,3)9-8-14-10-15(12-18-11-14)20-13-19-16-6-4-5-7-17(16)20/h4-7,10-13H,1-3H3. The highest BCUT2D eigenvalue weighted by molar-refractivity contribution is 6.83. The van der Waals surface area contributed by atoms with Crippen LogP contribution in [0.15, 0.2) is 49.1 Å². The second-order valence-corrected chi connectivity index (χ2v) is 10.8. The topological polar surface area (TPSA) is 30.7 Å². The number of para-hydroxylation sites is 2. The maximum absolute atomic E-state index is 4.42. The molecule has 0 amide bonds. The summed E-state index contributed by atoms with van der Waals surface area (Å²) in [5.41, 5.74) is 7.38. The maximum atomic E-state index is 4.42. The molecule has 0 fully saturated rings. The van der Waals surface area contributed by atoms with E-state index in [1.807, 2.05) is 41.5 Å². The highest BCUT2D eigenvalue weighted by Crippen LogP contribution is 2.17. The molecule has 3 rings (SSSR count). The molecule has 0 atom stereocenters. The Morgan fingerprint density at radius 2 is 1.90 bits per heavy atom. The van der Waals surface area contributed by atoms with E-state index in [1.165, 1.54) is 0 Å². The van der Waals surface area contributed by atoms with E-state index in [0.717, 1.165) is 22.3 Å². The first kappa shape index (κ1) is 13.6. The Kier molecular flexibility index (Phi) is 3.36. The van der Waals surface area contributed by atoms with E-state index in [4.69, 9.17) is 0 Å². The van der Waals surface area contributed by atoms with Crippen molar-refractivity contribution in [2.75, 3.05) is 0 Å². The third kappa shape index (κ3) is 3.04. The first-order chi connectivity index (χ1) is 10.0. The Hall–Kier alpha value is -2.38. The summed E-state index contributed by atoms with van der Waals surface area (Å²) in [4.78, 5) is 8.73. The normalized spacial score (nSPS) is 11.2. The molecule has 2 aromatic heterocycles. The number of hydrogen-bond donors (Lipinski definition) is 0. The fourth-order valence-corrected chi connectivity index (χ4v) is 2.57. The van der Waals surface area contributed by atoms with Crippen LogP contribution in [-0.4, -0.2) is 22.6 Å². The van der Waals surface area contributed by atoms with Gasteiger partial charge >= 0.3 is 0 Å². The van der Waals surface area contributed by atoms with Crippen LogP contribution >= 0.6 is 0 Å². The van der Waals surface area contributed by atoms with Crippen molar-refractivity contribution >= 4 is 19.1 Å². The van der Waals surface area contributed by atoms with Crippen LogP contribution in [0.3, 0.4) is 0 Å². The number of nitrogens with zero attached hydrogens (tertiary/aromatic N) is 3. The van der Waals surface area contributed by atoms with Gasteiger partial charge in [0.15, 0.2) is 0 Å².